The lowest BCUT2D eigenvalue weighted by Crippen LogP contribution is -2.23. The number of thioether (sulfide) groups is 1. The molecule has 31 heavy (non-hydrogen) atoms. The van der Waals surface area contributed by atoms with Crippen LogP contribution in [0, 0.1) is 23.0 Å². The molecule has 0 amide bonds. The lowest BCUT2D eigenvalue weighted by atomic mass is 9.97. The average molecular weight is 434 g/mol. The van der Waals surface area contributed by atoms with Crippen LogP contribution in [0.15, 0.2) is 77.8 Å². The van der Waals surface area contributed by atoms with E-state index in [2.05, 4.69) is 4.99 Å². The first-order valence-corrected chi connectivity index (χ1v) is 10.3. The molecule has 3 aromatic rings. The highest BCUT2D eigenvalue weighted by Gasteiger charge is 2.39. The van der Waals surface area contributed by atoms with Crippen LogP contribution in [0.3, 0.4) is 0 Å². The average Bonchev–Trinajstić information content (AvgIpc) is 3.23. The quantitative estimate of drug-likeness (QED) is 0.491. The Hall–Kier alpha value is -3.50. The van der Waals surface area contributed by atoms with Gasteiger partial charge in [0.15, 0.2) is 12.4 Å². The molecule has 1 heterocycles. The molecule has 7 heteroatoms. The maximum absolute atomic E-state index is 13.7. The van der Waals surface area contributed by atoms with E-state index in [-0.39, 0.29) is 23.8 Å². The number of nitriles is 1. The highest BCUT2D eigenvalue weighted by Crippen LogP contribution is 2.46. The van der Waals surface area contributed by atoms with Crippen LogP contribution in [-0.4, -0.2) is 23.5 Å². The van der Waals surface area contributed by atoms with E-state index in [9.17, 15) is 13.6 Å². The molecule has 0 radical (unpaired) electrons. The zero-order valence-corrected chi connectivity index (χ0v) is 17.0. The number of hydrogen-bond acceptors (Lipinski definition) is 5. The molecule has 0 N–H and O–H groups in total. The second kappa shape index (κ2) is 9.11. The largest absolute Gasteiger partial charge is 0.478 e. The van der Waals surface area contributed by atoms with E-state index in [0.29, 0.717) is 21.9 Å². The van der Waals surface area contributed by atoms with Gasteiger partial charge in [0.05, 0.1) is 10.3 Å². The monoisotopic (exact) mass is 434 g/mol. The number of ether oxygens (including phenoxy) is 1. The summed E-state index contributed by atoms with van der Waals surface area (Å²) in [5.41, 5.74) is 1.61. The minimum absolute atomic E-state index is 0.136. The molecule has 154 valence electrons. The molecule has 2 unspecified atom stereocenters. The highest BCUT2D eigenvalue weighted by atomic mass is 32.2. The Morgan fingerprint density at radius 3 is 2.55 bits per heavy atom. The second-order valence-corrected chi connectivity index (χ2v) is 7.91. The third kappa shape index (κ3) is 4.49. The van der Waals surface area contributed by atoms with Crippen LogP contribution in [0.1, 0.15) is 26.7 Å². The van der Waals surface area contributed by atoms with Crippen molar-refractivity contribution in [1.82, 2.24) is 0 Å². The lowest BCUT2D eigenvalue weighted by Gasteiger charge is -2.19. The molecule has 4 rings (SSSR count). The Labute approximate surface area is 182 Å². The summed E-state index contributed by atoms with van der Waals surface area (Å²) in [6, 6.07) is 19.6. The van der Waals surface area contributed by atoms with Crippen LogP contribution in [0.4, 0.5) is 8.78 Å². The number of aliphatic imine (C=N–C) groups is 1. The fourth-order valence-electron chi connectivity index (χ4n) is 3.34. The van der Waals surface area contributed by atoms with Crippen molar-refractivity contribution in [2.45, 2.75) is 11.3 Å². The number of carbonyl (C=O) groups excluding carboxylic acids is 1. The van der Waals surface area contributed by atoms with E-state index < -0.39 is 17.1 Å². The molecule has 0 aliphatic carbocycles. The van der Waals surface area contributed by atoms with E-state index in [1.807, 2.05) is 18.2 Å². The zero-order valence-electron chi connectivity index (χ0n) is 16.2. The summed E-state index contributed by atoms with van der Waals surface area (Å²) in [4.78, 5) is 17.9. The number of Topliss-reactive ketones (excluding diaryl/α,β-unsaturated/α-hetero) is 1. The molecule has 0 saturated carbocycles. The number of hydrogen-bond donors (Lipinski definition) is 0. The molecule has 3 aromatic carbocycles. The Kier molecular flexibility index (Phi) is 6.10. The van der Waals surface area contributed by atoms with Crippen LogP contribution >= 0.6 is 11.8 Å². The van der Waals surface area contributed by atoms with E-state index in [4.69, 9.17) is 10.00 Å². The smallest absolute Gasteiger partial charge is 0.188 e. The summed E-state index contributed by atoms with van der Waals surface area (Å²) in [7, 11) is 0. The number of halogens is 2. The van der Waals surface area contributed by atoms with Crippen LogP contribution < -0.4 is 4.74 Å². The molecule has 0 fully saturated rings. The molecule has 1 aliphatic rings. The second-order valence-electron chi connectivity index (χ2n) is 6.78. The van der Waals surface area contributed by atoms with Gasteiger partial charge < -0.3 is 4.74 Å². The summed E-state index contributed by atoms with van der Waals surface area (Å²) in [5, 5.41) is 9.01. The van der Waals surface area contributed by atoms with Crippen molar-refractivity contribution >= 4 is 22.6 Å². The standard InChI is InChI=1S/C24H16F2N2O2S/c25-17-10-8-15(9-11-17)24-28-21(22(29)16-4-3-5-18(26)14-16)23(31-24)19-6-1-2-7-20(19)30-13-12-27/h1-11,14,21,23H,13H2. The van der Waals surface area contributed by atoms with Crippen LogP contribution in [0.2, 0.25) is 0 Å². The van der Waals surface area contributed by atoms with Crippen molar-refractivity contribution in [3.05, 3.63) is 101 Å². The first kappa shape index (κ1) is 20.8. The Morgan fingerprint density at radius 1 is 1.03 bits per heavy atom. The Bertz CT molecular complexity index is 1190. The van der Waals surface area contributed by atoms with Gasteiger partial charge >= 0.3 is 0 Å². The predicted octanol–water partition coefficient (Wildman–Crippen LogP) is 5.35. The number of benzene rings is 3. The van der Waals surface area contributed by atoms with Crippen molar-refractivity contribution in [2.24, 2.45) is 4.99 Å². The van der Waals surface area contributed by atoms with Crippen LogP contribution in [-0.2, 0) is 0 Å². The van der Waals surface area contributed by atoms with Gasteiger partial charge in [0, 0.05) is 16.7 Å². The van der Waals surface area contributed by atoms with E-state index in [0.717, 1.165) is 0 Å². The van der Waals surface area contributed by atoms with Crippen molar-refractivity contribution in [1.29, 1.82) is 5.26 Å². The fourth-order valence-corrected chi connectivity index (χ4v) is 4.67. The van der Waals surface area contributed by atoms with Gasteiger partial charge in [-0.2, -0.15) is 5.26 Å². The van der Waals surface area contributed by atoms with Gasteiger partial charge in [0.1, 0.15) is 29.5 Å². The maximum Gasteiger partial charge on any atom is 0.188 e. The van der Waals surface area contributed by atoms with Crippen molar-refractivity contribution in [3.63, 3.8) is 0 Å². The molecule has 0 spiro atoms. The van der Waals surface area contributed by atoms with Crippen LogP contribution in [0.5, 0.6) is 5.75 Å². The number of rotatable bonds is 6. The fraction of sp³-hybridized carbons (Fsp3) is 0.125. The Morgan fingerprint density at radius 2 is 1.81 bits per heavy atom. The van der Waals surface area contributed by atoms with Gasteiger partial charge in [-0.1, -0.05) is 42.1 Å². The van der Waals surface area contributed by atoms with Gasteiger partial charge in [-0.15, -0.1) is 0 Å². The van der Waals surface area contributed by atoms with Gasteiger partial charge in [-0.05, 0) is 42.5 Å². The third-order valence-corrected chi connectivity index (χ3v) is 6.10. The van der Waals surface area contributed by atoms with E-state index >= 15 is 0 Å². The highest BCUT2D eigenvalue weighted by molar-refractivity contribution is 8.15. The maximum atomic E-state index is 13.7. The summed E-state index contributed by atoms with van der Waals surface area (Å²) in [6.45, 7) is -0.136. The first-order chi connectivity index (χ1) is 15.1. The summed E-state index contributed by atoms with van der Waals surface area (Å²) >= 11 is 1.36. The molecular formula is C24H16F2N2O2S. The topological polar surface area (TPSA) is 62.4 Å². The van der Waals surface area contributed by atoms with Gasteiger partial charge in [0.25, 0.3) is 0 Å². The number of ketones is 1. The van der Waals surface area contributed by atoms with Crippen molar-refractivity contribution in [3.8, 4) is 11.8 Å². The minimum atomic E-state index is -0.835. The normalized spacial score (nSPS) is 17.6. The number of carbonyl (C=O) groups is 1. The zero-order chi connectivity index (χ0) is 21.8. The van der Waals surface area contributed by atoms with Crippen molar-refractivity contribution in [2.75, 3.05) is 6.61 Å². The number of nitrogens with zero attached hydrogens (tertiary/aromatic N) is 2. The first-order valence-electron chi connectivity index (χ1n) is 9.45. The summed E-state index contributed by atoms with van der Waals surface area (Å²) in [5.74, 6) is -0.724. The SMILES string of the molecule is N#CCOc1ccccc1C1SC(c2ccc(F)cc2)=NC1C(=O)c1cccc(F)c1. The minimum Gasteiger partial charge on any atom is -0.478 e. The summed E-state index contributed by atoms with van der Waals surface area (Å²) in [6.07, 6.45) is 0. The van der Waals surface area contributed by atoms with Gasteiger partial charge in [-0.25, -0.2) is 8.78 Å². The predicted molar refractivity (Wildman–Crippen MR) is 115 cm³/mol. The Balaban J connectivity index is 1.76. The molecule has 0 bridgehead atoms. The molecule has 2 atom stereocenters. The number of para-hydroxylation sites is 1. The molecular weight excluding hydrogens is 418 g/mol. The summed E-state index contributed by atoms with van der Waals surface area (Å²) < 4.78 is 32.7. The third-order valence-electron chi connectivity index (χ3n) is 4.77. The molecule has 0 saturated heterocycles. The van der Waals surface area contributed by atoms with Gasteiger partial charge in [0.2, 0.25) is 0 Å². The van der Waals surface area contributed by atoms with E-state index in [1.165, 1.54) is 42.1 Å². The molecule has 0 aromatic heterocycles. The van der Waals surface area contributed by atoms with Gasteiger partial charge in [-0.3, -0.25) is 9.79 Å². The van der Waals surface area contributed by atoms with E-state index in [1.54, 1.807) is 30.3 Å². The van der Waals surface area contributed by atoms with Crippen molar-refractivity contribution < 1.29 is 18.3 Å². The molecule has 1 aliphatic heterocycles. The van der Waals surface area contributed by atoms with Crippen LogP contribution in [0.25, 0.3) is 0 Å². The molecule has 4 nitrogen and oxygen atoms in total. The lowest BCUT2D eigenvalue weighted by molar-refractivity contribution is 0.0961.